The quantitative estimate of drug-likeness (QED) is 0.901. The van der Waals surface area contributed by atoms with E-state index in [1.54, 1.807) is 6.20 Å². The van der Waals surface area contributed by atoms with E-state index < -0.39 is 0 Å². The van der Waals surface area contributed by atoms with Crippen LogP contribution in [0.3, 0.4) is 0 Å². The first-order valence-electron chi connectivity index (χ1n) is 7.22. The van der Waals surface area contributed by atoms with Crippen molar-refractivity contribution in [3.8, 4) is 0 Å². The molecule has 4 rings (SSSR count). The molecule has 0 saturated heterocycles. The van der Waals surface area contributed by atoms with Gasteiger partial charge in [-0.1, -0.05) is 0 Å². The minimum atomic E-state index is 0. The molecule has 0 aliphatic heterocycles. The maximum Gasteiger partial charge on any atom is 0.228 e. The largest absolute Gasteiger partial charge is 0.373 e. The third-order valence-electron chi connectivity index (χ3n) is 5.33. The molecule has 3 aliphatic carbocycles. The number of aromatic nitrogens is 1. The molecule has 1 aromatic heterocycles. The lowest BCUT2D eigenvalue weighted by atomic mass is 10.0. The number of rotatable bonds is 3. The molecule has 4 nitrogen and oxygen atoms in total. The number of anilines is 2. The molecule has 3 fully saturated rings. The van der Waals surface area contributed by atoms with E-state index in [4.69, 9.17) is 0 Å². The van der Waals surface area contributed by atoms with E-state index in [2.05, 4.69) is 15.6 Å². The smallest absolute Gasteiger partial charge is 0.228 e. The summed E-state index contributed by atoms with van der Waals surface area (Å²) < 4.78 is 0. The van der Waals surface area contributed by atoms with Gasteiger partial charge >= 0.3 is 0 Å². The van der Waals surface area contributed by atoms with Gasteiger partial charge in [-0.25, -0.2) is 4.98 Å². The van der Waals surface area contributed by atoms with Gasteiger partial charge in [-0.15, -0.1) is 12.4 Å². The highest BCUT2D eigenvalue weighted by Crippen LogP contribution is 2.69. The van der Waals surface area contributed by atoms with Crippen molar-refractivity contribution in [3.05, 3.63) is 18.3 Å². The van der Waals surface area contributed by atoms with E-state index in [1.165, 1.54) is 19.3 Å². The van der Waals surface area contributed by atoms with Crippen molar-refractivity contribution >= 4 is 29.8 Å². The first-order valence-corrected chi connectivity index (χ1v) is 7.22. The summed E-state index contributed by atoms with van der Waals surface area (Å²) in [5.74, 6) is 4.40. The lowest BCUT2D eigenvalue weighted by molar-refractivity contribution is -0.118. The van der Waals surface area contributed by atoms with Crippen LogP contribution in [0.1, 0.15) is 19.3 Å². The van der Waals surface area contributed by atoms with Crippen molar-refractivity contribution in [3.63, 3.8) is 0 Å². The summed E-state index contributed by atoms with van der Waals surface area (Å²) in [6.07, 6.45) is 5.82. The molecule has 1 heterocycles. The van der Waals surface area contributed by atoms with Crippen LogP contribution in [0, 0.1) is 29.6 Å². The van der Waals surface area contributed by atoms with Crippen molar-refractivity contribution in [2.75, 3.05) is 17.7 Å². The van der Waals surface area contributed by atoms with E-state index in [-0.39, 0.29) is 24.2 Å². The summed E-state index contributed by atoms with van der Waals surface area (Å²) in [5.41, 5.74) is 0.807. The van der Waals surface area contributed by atoms with Gasteiger partial charge in [0, 0.05) is 13.0 Å². The molecule has 3 saturated carbocycles. The Balaban J connectivity index is 0.00000121. The van der Waals surface area contributed by atoms with Crippen LogP contribution in [0.15, 0.2) is 18.3 Å². The van der Waals surface area contributed by atoms with Gasteiger partial charge in [-0.05, 0) is 55.1 Å². The van der Waals surface area contributed by atoms with Crippen molar-refractivity contribution in [1.82, 2.24) is 4.98 Å². The van der Waals surface area contributed by atoms with E-state index >= 15 is 0 Å². The van der Waals surface area contributed by atoms with Gasteiger partial charge in [0.15, 0.2) is 0 Å². The van der Waals surface area contributed by atoms with E-state index in [9.17, 15) is 4.79 Å². The second kappa shape index (κ2) is 4.92. The number of nitrogens with one attached hydrogen (secondary N) is 2. The maximum atomic E-state index is 12.3. The zero-order valence-electron chi connectivity index (χ0n) is 11.5. The molecule has 3 aliphatic rings. The predicted octanol–water partition coefficient (Wildman–Crippen LogP) is 2.78. The molecule has 0 aromatic carbocycles. The second-order valence-electron chi connectivity index (χ2n) is 6.19. The molecule has 2 bridgehead atoms. The Bertz CT molecular complexity index is 502. The molecular weight excluding hydrogens is 274 g/mol. The third-order valence-corrected chi connectivity index (χ3v) is 5.33. The summed E-state index contributed by atoms with van der Waals surface area (Å²) in [4.78, 5) is 16.5. The third kappa shape index (κ3) is 1.97. The fourth-order valence-electron chi connectivity index (χ4n) is 4.52. The average Bonchev–Trinajstić information content (AvgIpc) is 2.89. The SMILES string of the molecule is CNc1ccc(NC(=O)C2C3C4CCC(C4)C23)cn1.Cl. The second-order valence-corrected chi connectivity index (χ2v) is 6.19. The summed E-state index contributed by atoms with van der Waals surface area (Å²) in [6.45, 7) is 0. The fraction of sp³-hybridized carbons (Fsp3) is 0.600. The predicted molar refractivity (Wildman–Crippen MR) is 81.0 cm³/mol. The van der Waals surface area contributed by atoms with Gasteiger partial charge in [0.2, 0.25) is 5.91 Å². The lowest BCUT2D eigenvalue weighted by Gasteiger charge is -2.09. The summed E-state index contributed by atoms with van der Waals surface area (Å²) in [6, 6.07) is 3.79. The minimum Gasteiger partial charge on any atom is -0.373 e. The van der Waals surface area contributed by atoms with E-state index in [1.807, 2.05) is 19.2 Å². The van der Waals surface area contributed by atoms with Crippen LogP contribution in [0.25, 0.3) is 0 Å². The number of hydrogen-bond acceptors (Lipinski definition) is 3. The molecule has 0 radical (unpaired) electrons. The van der Waals surface area contributed by atoms with E-state index in [0.717, 1.165) is 23.3 Å². The van der Waals surface area contributed by atoms with Crippen molar-refractivity contribution in [2.24, 2.45) is 29.6 Å². The first-order chi connectivity index (χ1) is 9.28. The number of amides is 1. The van der Waals surface area contributed by atoms with Crippen LogP contribution in [0.5, 0.6) is 0 Å². The Kier molecular flexibility index (Phi) is 3.36. The zero-order valence-corrected chi connectivity index (χ0v) is 12.3. The van der Waals surface area contributed by atoms with Gasteiger partial charge < -0.3 is 10.6 Å². The Hall–Kier alpha value is -1.29. The fourth-order valence-corrected chi connectivity index (χ4v) is 4.52. The Labute approximate surface area is 125 Å². The van der Waals surface area contributed by atoms with Crippen LogP contribution >= 0.6 is 12.4 Å². The van der Waals surface area contributed by atoms with Gasteiger partial charge in [-0.2, -0.15) is 0 Å². The highest BCUT2D eigenvalue weighted by atomic mass is 35.5. The van der Waals surface area contributed by atoms with E-state index in [0.29, 0.717) is 11.8 Å². The molecule has 4 atom stereocenters. The van der Waals surface area contributed by atoms with Crippen molar-refractivity contribution in [2.45, 2.75) is 19.3 Å². The normalized spacial score (nSPS) is 36.0. The molecule has 5 heteroatoms. The first kappa shape index (κ1) is 13.7. The van der Waals surface area contributed by atoms with Crippen LogP contribution in [0.4, 0.5) is 11.5 Å². The zero-order chi connectivity index (χ0) is 13.0. The molecule has 0 spiro atoms. The molecule has 4 unspecified atom stereocenters. The maximum absolute atomic E-state index is 12.3. The highest BCUT2D eigenvalue weighted by molar-refractivity contribution is 5.95. The molecule has 1 amide bonds. The topological polar surface area (TPSA) is 54.0 Å². The van der Waals surface area contributed by atoms with Gasteiger partial charge in [0.1, 0.15) is 5.82 Å². The summed E-state index contributed by atoms with van der Waals surface area (Å²) in [5, 5.41) is 5.99. The standard InChI is InChI=1S/C15H19N3O.ClH/c1-16-11-5-4-10(7-17-11)18-15(19)14-12-8-2-3-9(6-8)13(12)14;/h4-5,7-9,12-14H,2-3,6H2,1H3,(H,16,17)(H,18,19);1H. The molecule has 1 aromatic rings. The molecule has 20 heavy (non-hydrogen) atoms. The Morgan fingerprint density at radius 2 is 1.95 bits per heavy atom. The number of carbonyl (C=O) groups is 1. The Morgan fingerprint density at radius 3 is 2.50 bits per heavy atom. The highest BCUT2D eigenvalue weighted by Gasteiger charge is 2.67. The van der Waals surface area contributed by atoms with Gasteiger partial charge in [0.05, 0.1) is 11.9 Å². The summed E-state index contributed by atoms with van der Waals surface area (Å²) in [7, 11) is 1.84. The number of halogens is 1. The van der Waals surface area contributed by atoms with Gasteiger partial charge in [0.25, 0.3) is 0 Å². The Morgan fingerprint density at radius 1 is 1.25 bits per heavy atom. The van der Waals surface area contributed by atoms with Gasteiger partial charge in [-0.3, -0.25) is 4.79 Å². The number of nitrogens with zero attached hydrogens (tertiary/aromatic N) is 1. The van der Waals surface area contributed by atoms with Crippen LogP contribution in [-0.2, 0) is 4.79 Å². The van der Waals surface area contributed by atoms with Crippen molar-refractivity contribution < 1.29 is 4.79 Å². The number of fused-ring (bicyclic) bond motifs is 5. The monoisotopic (exact) mass is 293 g/mol. The number of pyridine rings is 1. The van der Waals surface area contributed by atoms with Crippen LogP contribution in [0.2, 0.25) is 0 Å². The average molecular weight is 294 g/mol. The molecule has 108 valence electrons. The number of carbonyl (C=O) groups excluding carboxylic acids is 1. The molecule has 2 N–H and O–H groups in total. The van der Waals surface area contributed by atoms with Crippen molar-refractivity contribution in [1.29, 1.82) is 0 Å². The summed E-state index contributed by atoms with van der Waals surface area (Å²) >= 11 is 0. The number of hydrogen-bond donors (Lipinski definition) is 2. The van der Waals surface area contributed by atoms with Crippen LogP contribution < -0.4 is 10.6 Å². The van der Waals surface area contributed by atoms with Crippen LogP contribution in [-0.4, -0.2) is 17.9 Å². The minimum absolute atomic E-state index is 0. The lowest BCUT2D eigenvalue weighted by Crippen LogP contribution is -2.18. The molecular formula is C15H20ClN3O.